The van der Waals surface area contributed by atoms with Crippen LogP contribution in [0.3, 0.4) is 0 Å². The van der Waals surface area contributed by atoms with Gasteiger partial charge in [-0.3, -0.25) is 4.79 Å². The van der Waals surface area contributed by atoms with Crippen molar-refractivity contribution in [3.8, 4) is 0 Å². The van der Waals surface area contributed by atoms with E-state index < -0.39 is 0 Å². The fraction of sp³-hybridized carbons (Fsp3) is 0.774. The third-order valence-electron chi connectivity index (χ3n) is 6.62. The summed E-state index contributed by atoms with van der Waals surface area (Å²) >= 11 is 0. The first kappa shape index (κ1) is 29.7. The lowest BCUT2D eigenvalue weighted by atomic mass is 9.93. The summed E-state index contributed by atoms with van der Waals surface area (Å²) in [4.78, 5) is 12.6. The highest BCUT2D eigenvalue weighted by Gasteiger charge is 2.20. The van der Waals surface area contributed by atoms with Crippen LogP contribution in [-0.2, 0) is 16.0 Å². The second-order valence-corrected chi connectivity index (χ2v) is 10.5. The summed E-state index contributed by atoms with van der Waals surface area (Å²) in [6, 6.07) is 10.4. The summed E-state index contributed by atoms with van der Waals surface area (Å²) in [6.45, 7) is 7.00. The molecular weight excluding hydrogens is 404 g/mol. The van der Waals surface area contributed by atoms with Gasteiger partial charge in [-0.05, 0) is 24.3 Å². The van der Waals surface area contributed by atoms with Gasteiger partial charge in [0, 0.05) is 0 Å². The lowest BCUT2D eigenvalue weighted by Gasteiger charge is -2.17. The zero-order valence-electron chi connectivity index (χ0n) is 22.3. The molecule has 0 amide bonds. The molecule has 0 aliphatic carbocycles. The molecule has 0 spiro atoms. The van der Waals surface area contributed by atoms with Crippen molar-refractivity contribution in [3.05, 3.63) is 35.9 Å². The van der Waals surface area contributed by atoms with Gasteiger partial charge in [0.2, 0.25) is 0 Å². The molecule has 1 aromatic rings. The number of carbonyl (C=O) groups is 1. The van der Waals surface area contributed by atoms with E-state index in [1.807, 2.05) is 6.07 Å². The van der Waals surface area contributed by atoms with Crippen LogP contribution in [0.25, 0.3) is 0 Å². The molecule has 33 heavy (non-hydrogen) atoms. The van der Waals surface area contributed by atoms with E-state index in [9.17, 15) is 4.79 Å². The Morgan fingerprint density at radius 1 is 0.697 bits per heavy atom. The number of carbonyl (C=O) groups excluding carboxylic acids is 1. The molecule has 0 radical (unpaired) electrons. The Balaban J connectivity index is 2.05. The van der Waals surface area contributed by atoms with E-state index >= 15 is 0 Å². The SMILES string of the molecule is CCCCCCCCCCCCCCCCCCC(Cc1ccccc1)C(=O)OCC(C)C. The summed E-state index contributed by atoms with van der Waals surface area (Å²) in [7, 11) is 0. The smallest absolute Gasteiger partial charge is 0.309 e. The van der Waals surface area contributed by atoms with Gasteiger partial charge in [-0.25, -0.2) is 0 Å². The second-order valence-electron chi connectivity index (χ2n) is 10.5. The van der Waals surface area contributed by atoms with Crippen LogP contribution in [0, 0.1) is 11.8 Å². The standard InChI is InChI=1S/C31H54O2/c1-4-5-6-7-8-9-10-11-12-13-14-15-16-17-18-22-25-30(31(32)33-27-28(2)3)26-29-23-20-19-21-24-29/h19-21,23-24,28,30H,4-18,22,25-27H2,1-3H3. The zero-order chi connectivity index (χ0) is 24.0. The Morgan fingerprint density at radius 3 is 1.61 bits per heavy atom. The Hall–Kier alpha value is -1.31. The molecule has 1 unspecified atom stereocenters. The van der Waals surface area contributed by atoms with Crippen molar-refractivity contribution in [1.29, 1.82) is 0 Å². The van der Waals surface area contributed by atoms with Crippen molar-refractivity contribution in [1.82, 2.24) is 0 Å². The molecule has 0 aliphatic heterocycles. The molecule has 2 nitrogen and oxygen atoms in total. The molecule has 0 fully saturated rings. The molecule has 0 aliphatic rings. The third-order valence-corrected chi connectivity index (χ3v) is 6.62. The lowest BCUT2D eigenvalue weighted by molar-refractivity contribution is -0.149. The van der Waals surface area contributed by atoms with Gasteiger partial charge in [-0.2, -0.15) is 0 Å². The molecule has 0 saturated carbocycles. The molecule has 2 heteroatoms. The monoisotopic (exact) mass is 458 g/mol. The number of hydrogen-bond acceptors (Lipinski definition) is 2. The van der Waals surface area contributed by atoms with Crippen LogP contribution in [0.1, 0.15) is 135 Å². The molecular formula is C31H54O2. The Labute approximate surface area is 206 Å². The van der Waals surface area contributed by atoms with Crippen LogP contribution in [0.5, 0.6) is 0 Å². The van der Waals surface area contributed by atoms with E-state index in [1.165, 1.54) is 102 Å². The maximum absolute atomic E-state index is 12.6. The van der Waals surface area contributed by atoms with Gasteiger partial charge < -0.3 is 4.74 Å². The van der Waals surface area contributed by atoms with Crippen molar-refractivity contribution in [2.24, 2.45) is 11.8 Å². The summed E-state index contributed by atoms with van der Waals surface area (Å²) in [5, 5.41) is 0. The Morgan fingerprint density at radius 2 is 1.15 bits per heavy atom. The third kappa shape index (κ3) is 17.8. The van der Waals surface area contributed by atoms with E-state index in [1.54, 1.807) is 0 Å². The Bertz CT molecular complexity index is 551. The predicted molar refractivity (Wildman–Crippen MR) is 144 cm³/mol. The van der Waals surface area contributed by atoms with Gasteiger partial charge in [-0.1, -0.05) is 154 Å². The van der Waals surface area contributed by atoms with Gasteiger partial charge >= 0.3 is 5.97 Å². The van der Waals surface area contributed by atoms with E-state index in [0.717, 1.165) is 19.3 Å². The maximum Gasteiger partial charge on any atom is 0.309 e. The predicted octanol–water partition coefficient (Wildman–Crippen LogP) is 9.70. The highest BCUT2D eigenvalue weighted by Crippen LogP contribution is 2.20. The van der Waals surface area contributed by atoms with Crippen molar-refractivity contribution in [2.45, 2.75) is 136 Å². The number of unbranched alkanes of at least 4 members (excludes halogenated alkanes) is 15. The topological polar surface area (TPSA) is 26.3 Å². The normalized spacial score (nSPS) is 12.2. The zero-order valence-corrected chi connectivity index (χ0v) is 22.3. The van der Waals surface area contributed by atoms with Crippen LogP contribution in [0.4, 0.5) is 0 Å². The first-order chi connectivity index (χ1) is 16.1. The van der Waals surface area contributed by atoms with E-state index in [0.29, 0.717) is 12.5 Å². The minimum Gasteiger partial charge on any atom is -0.465 e. The quantitative estimate of drug-likeness (QED) is 0.128. The van der Waals surface area contributed by atoms with Gasteiger partial charge in [0.15, 0.2) is 0 Å². The number of esters is 1. The minimum atomic E-state index is -0.00601. The largest absolute Gasteiger partial charge is 0.465 e. The molecule has 1 aromatic carbocycles. The van der Waals surface area contributed by atoms with E-state index in [2.05, 4.69) is 45.0 Å². The fourth-order valence-electron chi connectivity index (χ4n) is 4.51. The van der Waals surface area contributed by atoms with Crippen LogP contribution in [0.15, 0.2) is 30.3 Å². The molecule has 0 saturated heterocycles. The number of hydrogen-bond donors (Lipinski definition) is 0. The molecule has 0 N–H and O–H groups in total. The molecule has 1 atom stereocenters. The first-order valence-electron chi connectivity index (χ1n) is 14.3. The average Bonchev–Trinajstić information content (AvgIpc) is 2.82. The highest BCUT2D eigenvalue weighted by atomic mass is 16.5. The number of rotatable bonds is 22. The first-order valence-corrected chi connectivity index (χ1v) is 14.3. The Kier molecular flexibility index (Phi) is 19.1. The number of ether oxygens (including phenoxy) is 1. The molecule has 0 heterocycles. The van der Waals surface area contributed by atoms with Crippen LogP contribution in [-0.4, -0.2) is 12.6 Å². The minimum absolute atomic E-state index is 0.00204. The van der Waals surface area contributed by atoms with Crippen LogP contribution < -0.4 is 0 Å². The molecule has 0 aromatic heterocycles. The molecule has 190 valence electrons. The fourth-order valence-corrected chi connectivity index (χ4v) is 4.51. The number of benzene rings is 1. The van der Waals surface area contributed by atoms with Crippen molar-refractivity contribution >= 4 is 5.97 Å². The van der Waals surface area contributed by atoms with E-state index in [4.69, 9.17) is 4.74 Å². The van der Waals surface area contributed by atoms with Gasteiger partial charge in [0.05, 0.1) is 12.5 Å². The summed E-state index contributed by atoms with van der Waals surface area (Å²) < 4.78 is 5.58. The maximum atomic E-state index is 12.6. The van der Waals surface area contributed by atoms with Gasteiger partial charge in [0.25, 0.3) is 0 Å². The van der Waals surface area contributed by atoms with Gasteiger partial charge in [0.1, 0.15) is 0 Å². The van der Waals surface area contributed by atoms with Crippen LogP contribution in [0.2, 0.25) is 0 Å². The molecule has 1 rings (SSSR count). The van der Waals surface area contributed by atoms with E-state index in [-0.39, 0.29) is 11.9 Å². The van der Waals surface area contributed by atoms with Crippen molar-refractivity contribution in [2.75, 3.05) is 6.61 Å². The summed E-state index contributed by atoms with van der Waals surface area (Å²) in [5.41, 5.74) is 1.24. The highest BCUT2D eigenvalue weighted by molar-refractivity contribution is 5.72. The lowest BCUT2D eigenvalue weighted by Crippen LogP contribution is -2.22. The van der Waals surface area contributed by atoms with Crippen molar-refractivity contribution < 1.29 is 9.53 Å². The molecule has 0 bridgehead atoms. The summed E-state index contributed by atoms with van der Waals surface area (Å²) in [6.07, 6.45) is 23.8. The van der Waals surface area contributed by atoms with Crippen LogP contribution >= 0.6 is 0 Å². The second kappa shape index (κ2) is 21.2. The average molecular weight is 459 g/mol. The van der Waals surface area contributed by atoms with Gasteiger partial charge in [-0.15, -0.1) is 0 Å². The summed E-state index contributed by atoms with van der Waals surface area (Å²) in [5.74, 6) is 0.383. The van der Waals surface area contributed by atoms with Crippen molar-refractivity contribution in [3.63, 3.8) is 0 Å².